The number of aliphatic hydroxyl groups is 4. The zero-order valence-electron chi connectivity index (χ0n) is 30.0. The Labute approximate surface area is 313 Å². The molecule has 4 rings (SSSR count). The summed E-state index contributed by atoms with van der Waals surface area (Å²) < 4.78 is 48.3. The van der Waals surface area contributed by atoms with E-state index in [0.29, 0.717) is 11.1 Å². The number of hydrogen-bond acceptors (Lipinski definition) is 19. The van der Waals surface area contributed by atoms with Crippen molar-refractivity contribution >= 4 is 36.0 Å². The summed E-state index contributed by atoms with van der Waals surface area (Å²) >= 11 is 0. The Morgan fingerprint density at radius 3 is 1.84 bits per heavy atom. The predicted octanol–water partition coefficient (Wildman–Crippen LogP) is -0.297. The second kappa shape index (κ2) is 18.8. The molecule has 2 aliphatic heterocycles. The van der Waals surface area contributed by atoms with Crippen LogP contribution >= 0.6 is 0 Å². The number of methoxy groups -OCH3 is 2. The number of carbonyl (C=O) groups excluding carboxylic acids is 4. The van der Waals surface area contributed by atoms with Crippen molar-refractivity contribution in [3.8, 4) is 23.0 Å². The van der Waals surface area contributed by atoms with Gasteiger partial charge in [-0.3, -0.25) is 9.59 Å². The zero-order valence-corrected chi connectivity index (χ0v) is 30.0. The monoisotopic (exact) mass is 778 g/mol. The maximum absolute atomic E-state index is 13.1. The number of carbonyl (C=O) groups is 4. The molecule has 0 aromatic heterocycles. The minimum Gasteiger partial charge on any atom is -0.504 e. The van der Waals surface area contributed by atoms with Crippen LogP contribution in [0.3, 0.4) is 0 Å². The van der Waals surface area contributed by atoms with Crippen LogP contribution < -0.4 is 9.47 Å². The van der Waals surface area contributed by atoms with Crippen LogP contribution in [0.5, 0.6) is 23.0 Å². The SMILES string of the molecule is COc1cc(C=CC(=O)OCC2OC(CO)(OC3OC(COC(C)=O)C(O)C(OC(C)=O)C3O)C(OC(=O)C=Cc3ccc(O)c(OC)c3)C2O)ccc1O. The lowest BCUT2D eigenvalue weighted by atomic mass is 9.98. The number of phenols is 2. The third-order valence-electron chi connectivity index (χ3n) is 8.27. The molecule has 0 aliphatic carbocycles. The van der Waals surface area contributed by atoms with Crippen LogP contribution in [0.4, 0.5) is 0 Å². The molecule has 9 unspecified atom stereocenters. The Kier molecular flexibility index (Phi) is 14.6. The Balaban J connectivity index is 1.60. The molecule has 2 aliphatic rings. The summed E-state index contributed by atoms with van der Waals surface area (Å²) in [6, 6.07) is 8.47. The van der Waals surface area contributed by atoms with Crippen molar-refractivity contribution < 1.29 is 92.4 Å². The Morgan fingerprint density at radius 1 is 0.745 bits per heavy atom. The zero-order chi connectivity index (χ0) is 40.4. The summed E-state index contributed by atoms with van der Waals surface area (Å²) in [6.45, 7) is -0.434. The van der Waals surface area contributed by atoms with Gasteiger partial charge in [0.15, 0.2) is 41.5 Å². The van der Waals surface area contributed by atoms with Crippen LogP contribution in [-0.4, -0.2) is 143 Å². The van der Waals surface area contributed by atoms with Gasteiger partial charge in [-0.25, -0.2) is 9.59 Å². The first-order valence-corrected chi connectivity index (χ1v) is 16.6. The number of esters is 4. The first-order valence-electron chi connectivity index (χ1n) is 16.6. The molecule has 0 spiro atoms. The summed E-state index contributed by atoms with van der Waals surface area (Å²) in [5, 5.41) is 63.7. The molecule has 2 fully saturated rings. The lowest BCUT2D eigenvalue weighted by Crippen LogP contribution is -2.64. The van der Waals surface area contributed by atoms with E-state index in [0.717, 1.165) is 26.0 Å². The topological polar surface area (TPSA) is 273 Å². The highest BCUT2D eigenvalue weighted by Gasteiger charge is 2.61. The summed E-state index contributed by atoms with van der Waals surface area (Å²) in [4.78, 5) is 49.2. The van der Waals surface area contributed by atoms with Gasteiger partial charge < -0.3 is 73.3 Å². The minimum absolute atomic E-state index is 0.105. The van der Waals surface area contributed by atoms with Crippen LogP contribution in [0.2, 0.25) is 0 Å². The summed E-state index contributed by atoms with van der Waals surface area (Å²) in [7, 11) is 2.67. The molecule has 9 atom stereocenters. The van der Waals surface area contributed by atoms with E-state index < -0.39 is 98.5 Å². The van der Waals surface area contributed by atoms with Gasteiger partial charge in [0.1, 0.15) is 50.3 Å². The van der Waals surface area contributed by atoms with Gasteiger partial charge in [-0.2, -0.15) is 0 Å². The van der Waals surface area contributed by atoms with Crippen molar-refractivity contribution in [2.24, 2.45) is 0 Å². The lowest BCUT2D eigenvalue weighted by Gasteiger charge is -2.44. The molecule has 19 heteroatoms. The highest BCUT2D eigenvalue weighted by Crippen LogP contribution is 2.39. The van der Waals surface area contributed by atoms with Crippen LogP contribution in [-0.2, 0) is 52.3 Å². The standard InChI is InChI=1S/C36H42O19/c1-18(38)49-15-26-30(44)33(51-19(2)39)32(46)35(52-26)55-36(17-37)34(53-29(43)12-8-21-6-10-23(41)25(14-21)48-4)31(45)27(54-36)16-50-28(42)11-7-20-5-9-22(40)24(13-20)47-3/h5-14,26-27,30-35,37,40-41,44-46H,15-17H2,1-4H3. The second-order valence-corrected chi connectivity index (χ2v) is 12.2. The first-order chi connectivity index (χ1) is 26.1. The lowest BCUT2D eigenvalue weighted by molar-refractivity contribution is -0.383. The van der Waals surface area contributed by atoms with Gasteiger partial charge in [0.25, 0.3) is 0 Å². The molecule has 0 amide bonds. The predicted molar refractivity (Wildman–Crippen MR) is 183 cm³/mol. The van der Waals surface area contributed by atoms with E-state index in [1.165, 1.54) is 62.8 Å². The number of phenolic OH excluding ortho intramolecular Hbond substituents is 2. The Hall–Kier alpha value is -5.28. The van der Waals surface area contributed by atoms with Crippen molar-refractivity contribution in [1.82, 2.24) is 0 Å². The molecule has 2 saturated heterocycles. The number of rotatable bonds is 15. The maximum atomic E-state index is 13.1. The molecule has 19 nitrogen and oxygen atoms in total. The van der Waals surface area contributed by atoms with Gasteiger partial charge in [-0.1, -0.05) is 12.1 Å². The largest absolute Gasteiger partial charge is 0.504 e. The average molecular weight is 779 g/mol. The van der Waals surface area contributed by atoms with Gasteiger partial charge in [0, 0.05) is 26.0 Å². The molecule has 6 N–H and O–H groups in total. The van der Waals surface area contributed by atoms with Gasteiger partial charge in [-0.15, -0.1) is 0 Å². The van der Waals surface area contributed by atoms with Crippen molar-refractivity contribution in [2.45, 2.75) is 68.7 Å². The Morgan fingerprint density at radius 2 is 1.31 bits per heavy atom. The number of benzene rings is 2. The minimum atomic E-state index is -2.58. The second-order valence-electron chi connectivity index (χ2n) is 12.2. The third kappa shape index (κ3) is 10.7. The normalized spacial score (nSPS) is 27.8. The van der Waals surface area contributed by atoms with Gasteiger partial charge in [0.2, 0.25) is 5.79 Å². The molecular weight excluding hydrogens is 736 g/mol. The van der Waals surface area contributed by atoms with Crippen molar-refractivity contribution in [3.05, 3.63) is 59.7 Å². The number of aromatic hydroxyl groups is 2. The fourth-order valence-electron chi connectivity index (χ4n) is 5.56. The maximum Gasteiger partial charge on any atom is 0.331 e. The Bertz CT molecular complexity index is 1740. The molecule has 300 valence electrons. The molecule has 55 heavy (non-hydrogen) atoms. The van der Waals surface area contributed by atoms with Crippen molar-refractivity contribution in [1.29, 1.82) is 0 Å². The molecule has 2 heterocycles. The molecular formula is C36H42O19. The quantitative estimate of drug-likeness (QED) is 0.0770. The smallest absolute Gasteiger partial charge is 0.331 e. The molecule has 0 radical (unpaired) electrons. The fourth-order valence-corrected chi connectivity index (χ4v) is 5.56. The molecule has 2 aromatic rings. The highest BCUT2D eigenvalue weighted by atomic mass is 16.8. The van der Waals surface area contributed by atoms with Crippen molar-refractivity contribution in [3.63, 3.8) is 0 Å². The number of ether oxygens (including phenoxy) is 9. The molecule has 2 aromatic carbocycles. The van der Waals surface area contributed by atoms with Crippen LogP contribution in [0.25, 0.3) is 12.2 Å². The van der Waals surface area contributed by atoms with Gasteiger partial charge >= 0.3 is 23.9 Å². The van der Waals surface area contributed by atoms with Gasteiger partial charge in [-0.05, 0) is 47.5 Å². The van der Waals surface area contributed by atoms with Crippen LogP contribution in [0, 0.1) is 0 Å². The third-order valence-corrected chi connectivity index (χ3v) is 8.27. The van der Waals surface area contributed by atoms with E-state index >= 15 is 0 Å². The van der Waals surface area contributed by atoms with Crippen molar-refractivity contribution in [2.75, 3.05) is 34.0 Å². The number of hydrogen-bond donors (Lipinski definition) is 6. The first kappa shape index (κ1) is 42.5. The summed E-state index contributed by atoms with van der Waals surface area (Å²) in [5.74, 6) is -6.35. The fraction of sp³-hybridized carbons (Fsp3) is 0.444. The molecule has 0 bridgehead atoms. The van der Waals surface area contributed by atoms with E-state index in [2.05, 4.69) is 0 Å². The van der Waals surface area contributed by atoms with E-state index in [4.69, 9.17) is 42.6 Å². The van der Waals surface area contributed by atoms with Gasteiger partial charge in [0.05, 0.1) is 14.2 Å². The highest BCUT2D eigenvalue weighted by molar-refractivity contribution is 5.88. The number of aliphatic hydroxyl groups excluding tert-OH is 4. The van der Waals surface area contributed by atoms with Crippen LogP contribution in [0.15, 0.2) is 48.6 Å². The van der Waals surface area contributed by atoms with E-state index in [-0.39, 0.29) is 23.0 Å². The van der Waals surface area contributed by atoms with Crippen LogP contribution in [0.1, 0.15) is 25.0 Å². The van der Waals surface area contributed by atoms with E-state index in [1.807, 2.05) is 0 Å². The average Bonchev–Trinajstić information content (AvgIpc) is 3.41. The summed E-state index contributed by atoms with van der Waals surface area (Å²) in [5.41, 5.74) is 0.841. The van der Waals surface area contributed by atoms with E-state index in [9.17, 15) is 49.8 Å². The summed E-state index contributed by atoms with van der Waals surface area (Å²) in [6.07, 6.45) is -9.73. The molecule has 0 saturated carbocycles. The van der Waals surface area contributed by atoms with E-state index in [1.54, 1.807) is 0 Å².